The van der Waals surface area contributed by atoms with E-state index in [1.165, 1.54) is 0 Å². The van der Waals surface area contributed by atoms with Crippen LogP contribution in [0, 0.1) is 11.6 Å². The molecule has 9 heteroatoms. The van der Waals surface area contributed by atoms with Crippen molar-refractivity contribution in [1.29, 1.82) is 0 Å². The summed E-state index contributed by atoms with van der Waals surface area (Å²) >= 11 is 0.640. The van der Waals surface area contributed by atoms with Gasteiger partial charge in [-0.05, 0) is 36.4 Å². The van der Waals surface area contributed by atoms with Crippen LogP contribution in [0.15, 0.2) is 46.2 Å². The fourth-order valence-electron chi connectivity index (χ4n) is 1.71. The minimum Gasteiger partial charge on any atom is -0.206 e. The van der Waals surface area contributed by atoms with Crippen LogP contribution in [0.5, 0.6) is 0 Å². The Morgan fingerprint density at radius 2 is 0.957 bits per heavy atom. The third kappa shape index (κ3) is 4.15. The number of halogens is 8. The lowest BCUT2D eigenvalue weighted by Gasteiger charge is -2.11. The molecule has 0 bridgehead atoms. The lowest BCUT2D eigenvalue weighted by atomic mass is 10.2. The van der Waals surface area contributed by atoms with Crippen molar-refractivity contribution in [3.8, 4) is 0 Å². The minimum absolute atomic E-state index is 0.00495. The van der Waals surface area contributed by atoms with Crippen LogP contribution in [0.2, 0.25) is 0 Å². The fourth-order valence-corrected chi connectivity index (χ4v) is 2.58. The Kier molecular flexibility index (Phi) is 4.61. The van der Waals surface area contributed by atoms with Gasteiger partial charge in [0.15, 0.2) is 0 Å². The Bertz CT molecular complexity index is 656. The van der Waals surface area contributed by atoms with E-state index >= 15 is 0 Å². The van der Waals surface area contributed by atoms with Gasteiger partial charge in [0.25, 0.3) is 0 Å². The maximum Gasteiger partial charge on any atom is 0.419 e. The summed E-state index contributed by atoms with van der Waals surface area (Å²) in [6.07, 6.45) is -9.71. The van der Waals surface area contributed by atoms with Crippen molar-refractivity contribution < 1.29 is 35.1 Å². The van der Waals surface area contributed by atoms with Crippen LogP contribution in [0.4, 0.5) is 35.1 Å². The third-order valence-corrected chi connectivity index (χ3v) is 3.71. The summed E-state index contributed by atoms with van der Waals surface area (Å²) in [4.78, 5) is -0.00989. The molecule has 124 valence electrons. The van der Waals surface area contributed by atoms with Crippen molar-refractivity contribution in [3.63, 3.8) is 0 Å². The van der Waals surface area contributed by atoms with E-state index in [9.17, 15) is 35.1 Å². The van der Waals surface area contributed by atoms with Crippen molar-refractivity contribution >= 4 is 11.8 Å². The fraction of sp³-hybridized carbons (Fsp3) is 0.143. The standard InChI is InChI=1S/C14H6F8S/c15-11-5-7(1-3-9(11)13(17,18)19)23-8-2-4-10(12(16)6-8)14(20,21)22/h1-6H. The zero-order valence-corrected chi connectivity index (χ0v) is 11.7. The zero-order valence-electron chi connectivity index (χ0n) is 10.9. The second kappa shape index (κ2) is 6.03. The molecule has 0 unspecified atom stereocenters. The number of hydrogen-bond donors (Lipinski definition) is 0. The number of alkyl halides is 6. The van der Waals surface area contributed by atoms with Gasteiger partial charge in [0.05, 0.1) is 11.1 Å². The molecule has 0 atom stereocenters. The Labute approximate surface area is 129 Å². The Morgan fingerprint density at radius 3 is 1.22 bits per heavy atom. The Balaban J connectivity index is 2.27. The predicted octanol–water partition coefficient (Wildman–Crippen LogP) is 6.15. The Morgan fingerprint density at radius 1 is 0.609 bits per heavy atom. The second-order valence-corrected chi connectivity index (χ2v) is 5.53. The molecule has 0 aromatic heterocycles. The normalized spacial score (nSPS) is 12.5. The largest absolute Gasteiger partial charge is 0.419 e. The average Bonchev–Trinajstić information content (AvgIpc) is 2.35. The first-order valence-corrected chi connectivity index (χ1v) is 6.71. The van der Waals surface area contributed by atoms with Crippen molar-refractivity contribution in [3.05, 3.63) is 59.2 Å². The third-order valence-electron chi connectivity index (χ3n) is 2.73. The monoisotopic (exact) mass is 358 g/mol. The van der Waals surface area contributed by atoms with Gasteiger partial charge >= 0.3 is 12.4 Å². The van der Waals surface area contributed by atoms with Gasteiger partial charge in [-0.2, -0.15) is 26.3 Å². The molecule has 0 amide bonds. The van der Waals surface area contributed by atoms with Crippen molar-refractivity contribution in [2.45, 2.75) is 22.1 Å². The van der Waals surface area contributed by atoms with Gasteiger partial charge in [-0.25, -0.2) is 8.78 Å². The smallest absolute Gasteiger partial charge is 0.206 e. The van der Waals surface area contributed by atoms with E-state index in [1.807, 2.05) is 0 Å². The molecule has 0 heterocycles. The minimum atomic E-state index is -4.85. The molecule has 0 radical (unpaired) electrons. The molecular weight excluding hydrogens is 352 g/mol. The van der Waals surface area contributed by atoms with E-state index in [2.05, 4.69) is 0 Å². The van der Waals surface area contributed by atoms with E-state index in [0.717, 1.165) is 12.1 Å². The van der Waals surface area contributed by atoms with Crippen molar-refractivity contribution in [1.82, 2.24) is 0 Å². The summed E-state index contributed by atoms with van der Waals surface area (Å²) in [6.45, 7) is 0. The number of rotatable bonds is 2. The quantitative estimate of drug-likeness (QED) is 0.580. The molecule has 0 N–H and O–H groups in total. The van der Waals surface area contributed by atoms with Crippen molar-refractivity contribution in [2.24, 2.45) is 0 Å². The van der Waals surface area contributed by atoms with Crippen LogP contribution < -0.4 is 0 Å². The molecular formula is C14H6F8S. The van der Waals surface area contributed by atoms with Gasteiger partial charge in [-0.1, -0.05) is 11.8 Å². The van der Waals surface area contributed by atoms with E-state index < -0.39 is 35.1 Å². The Hall–Kier alpha value is -1.77. The summed E-state index contributed by atoms with van der Waals surface area (Å²) in [5.41, 5.74) is -2.92. The van der Waals surface area contributed by atoms with Crippen LogP contribution in [-0.2, 0) is 12.4 Å². The highest BCUT2D eigenvalue weighted by atomic mass is 32.2. The van der Waals surface area contributed by atoms with Gasteiger partial charge < -0.3 is 0 Å². The van der Waals surface area contributed by atoms with E-state index in [-0.39, 0.29) is 9.79 Å². The molecule has 0 nitrogen and oxygen atoms in total. The maximum absolute atomic E-state index is 13.4. The lowest BCUT2D eigenvalue weighted by molar-refractivity contribution is -0.140. The van der Waals surface area contributed by atoms with E-state index in [1.54, 1.807) is 0 Å². The highest BCUT2D eigenvalue weighted by Crippen LogP contribution is 2.37. The van der Waals surface area contributed by atoms with Crippen molar-refractivity contribution in [2.75, 3.05) is 0 Å². The zero-order chi connectivity index (χ0) is 17.4. The molecule has 0 spiro atoms. The SMILES string of the molecule is Fc1cc(Sc2ccc(C(F)(F)F)c(F)c2)ccc1C(F)(F)F. The van der Waals surface area contributed by atoms with Crippen LogP contribution in [0.25, 0.3) is 0 Å². The average molecular weight is 358 g/mol. The number of benzene rings is 2. The lowest BCUT2D eigenvalue weighted by Crippen LogP contribution is -2.08. The van der Waals surface area contributed by atoms with Crippen LogP contribution in [-0.4, -0.2) is 0 Å². The molecule has 0 aliphatic carbocycles. The summed E-state index contributed by atoms with van der Waals surface area (Å²) in [6, 6.07) is 4.10. The second-order valence-electron chi connectivity index (χ2n) is 4.38. The summed E-state index contributed by atoms with van der Waals surface area (Å²) in [5.74, 6) is -3.04. The molecule has 23 heavy (non-hydrogen) atoms. The molecule has 0 aliphatic rings. The maximum atomic E-state index is 13.4. The summed E-state index contributed by atoms with van der Waals surface area (Å²) in [5, 5.41) is 0. The molecule has 2 aromatic carbocycles. The van der Waals surface area contributed by atoms with E-state index in [4.69, 9.17) is 0 Å². The molecule has 2 aromatic rings. The van der Waals surface area contributed by atoms with Crippen LogP contribution in [0.3, 0.4) is 0 Å². The molecule has 2 rings (SSSR count). The first-order chi connectivity index (χ1) is 10.5. The summed E-state index contributed by atoms with van der Waals surface area (Å²) < 4.78 is 101. The highest BCUT2D eigenvalue weighted by molar-refractivity contribution is 7.99. The van der Waals surface area contributed by atoms with Gasteiger partial charge in [-0.3, -0.25) is 0 Å². The molecule has 0 saturated heterocycles. The van der Waals surface area contributed by atoms with Gasteiger partial charge in [0, 0.05) is 9.79 Å². The van der Waals surface area contributed by atoms with Gasteiger partial charge in [0.1, 0.15) is 11.6 Å². The number of hydrogen-bond acceptors (Lipinski definition) is 1. The van der Waals surface area contributed by atoms with Gasteiger partial charge in [-0.15, -0.1) is 0 Å². The first-order valence-electron chi connectivity index (χ1n) is 5.90. The van der Waals surface area contributed by atoms with E-state index in [0.29, 0.717) is 36.0 Å². The van der Waals surface area contributed by atoms with Crippen LogP contribution in [0.1, 0.15) is 11.1 Å². The predicted molar refractivity (Wildman–Crippen MR) is 66.9 cm³/mol. The summed E-state index contributed by atoms with van der Waals surface area (Å²) in [7, 11) is 0. The first kappa shape index (κ1) is 17.6. The van der Waals surface area contributed by atoms with Gasteiger partial charge in [0.2, 0.25) is 0 Å². The molecule has 0 aliphatic heterocycles. The van der Waals surface area contributed by atoms with Crippen LogP contribution >= 0.6 is 11.8 Å². The highest BCUT2D eigenvalue weighted by Gasteiger charge is 2.35. The topological polar surface area (TPSA) is 0 Å². The molecule has 0 saturated carbocycles. The molecule has 0 fully saturated rings.